The van der Waals surface area contributed by atoms with Crippen molar-refractivity contribution < 1.29 is 4.74 Å². The van der Waals surface area contributed by atoms with Gasteiger partial charge in [-0.1, -0.05) is 30.1 Å². The maximum absolute atomic E-state index is 5.76. The summed E-state index contributed by atoms with van der Waals surface area (Å²) in [5, 5.41) is 0.660. The van der Waals surface area contributed by atoms with E-state index < -0.39 is 0 Å². The van der Waals surface area contributed by atoms with Crippen LogP contribution in [-0.2, 0) is 0 Å². The number of rotatable bonds is 4. The normalized spacial score (nSPS) is 12.6. The average molecular weight is 235 g/mol. The van der Waals surface area contributed by atoms with Crippen molar-refractivity contribution in [2.24, 2.45) is 5.73 Å². The zero-order valence-corrected chi connectivity index (χ0v) is 9.35. The molecule has 0 spiro atoms. The Hall–Kier alpha value is -0.510. The van der Waals surface area contributed by atoms with Crippen molar-refractivity contribution in [2.75, 3.05) is 6.61 Å². The molecule has 14 heavy (non-hydrogen) atoms. The van der Waals surface area contributed by atoms with Gasteiger partial charge in [-0.25, -0.2) is 4.98 Å². The molecule has 0 aromatic carbocycles. The maximum Gasteiger partial charge on any atom is 0.147 e. The first-order valence-electron chi connectivity index (χ1n) is 4.33. The van der Waals surface area contributed by atoms with Crippen LogP contribution >= 0.6 is 23.2 Å². The Morgan fingerprint density at radius 1 is 1.57 bits per heavy atom. The molecule has 5 heteroatoms. The summed E-state index contributed by atoms with van der Waals surface area (Å²) in [5.74, 6) is 0.586. The quantitative estimate of drug-likeness (QED) is 0.815. The zero-order valence-electron chi connectivity index (χ0n) is 7.84. The van der Waals surface area contributed by atoms with Crippen LogP contribution in [0.1, 0.15) is 13.3 Å². The van der Waals surface area contributed by atoms with Gasteiger partial charge in [-0.2, -0.15) is 0 Å². The molecule has 0 aliphatic carbocycles. The summed E-state index contributed by atoms with van der Waals surface area (Å²) in [4.78, 5) is 3.85. The molecule has 0 bridgehead atoms. The van der Waals surface area contributed by atoms with E-state index in [1.165, 1.54) is 6.20 Å². The van der Waals surface area contributed by atoms with Crippen molar-refractivity contribution in [3.8, 4) is 5.75 Å². The lowest BCUT2D eigenvalue weighted by Gasteiger charge is -2.10. The van der Waals surface area contributed by atoms with E-state index in [-0.39, 0.29) is 11.2 Å². The predicted octanol–water partition coefficient (Wildman–Crippen LogP) is 2.50. The van der Waals surface area contributed by atoms with Crippen molar-refractivity contribution >= 4 is 23.2 Å². The third-order valence-corrected chi connectivity index (χ3v) is 2.45. The second-order valence-electron chi connectivity index (χ2n) is 2.92. The molecular formula is C9H12Cl2N2O. The number of halogens is 2. The Kier molecular flexibility index (Phi) is 4.45. The van der Waals surface area contributed by atoms with E-state index in [1.807, 2.05) is 6.92 Å². The topological polar surface area (TPSA) is 48.1 Å². The van der Waals surface area contributed by atoms with Gasteiger partial charge in [-0.05, 0) is 6.42 Å². The molecule has 1 atom stereocenters. The lowest BCUT2D eigenvalue weighted by atomic mass is 10.3. The predicted molar refractivity (Wildman–Crippen MR) is 58.0 cm³/mol. The fourth-order valence-electron chi connectivity index (χ4n) is 0.804. The molecule has 0 aliphatic rings. The van der Waals surface area contributed by atoms with Crippen LogP contribution < -0.4 is 10.5 Å². The Labute approximate surface area is 93.2 Å². The van der Waals surface area contributed by atoms with Gasteiger partial charge in [-0.15, -0.1) is 0 Å². The molecular weight excluding hydrogens is 223 g/mol. The summed E-state index contributed by atoms with van der Waals surface area (Å²) in [6, 6.07) is 1.66. The molecule has 1 unspecified atom stereocenters. The summed E-state index contributed by atoms with van der Waals surface area (Å²) in [6.07, 6.45) is 2.39. The molecule has 1 aromatic heterocycles. The van der Waals surface area contributed by atoms with Gasteiger partial charge in [0.05, 0.1) is 11.2 Å². The summed E-state index contributed by atoms with van der Waals surface area (Å²) < 4.78 is 5.36. The monoisotopic (exact) mass is 234 g/mol. The molecule has 3 nitrogen and oxygen atoms in total. The average Bonchev–Trinajstić information content (AvgIpc) is 2.19. The van der Waals surface area contributed by atoms with Gasteiger partial charge in [0.1, 0.15) is 17.5 Å². The molecule has 78 valence electrons. The largest absolute Gasteiger partial charge is 0.490 e. The molecule has 1 aromatic rings. The Bertz CT molecular complexity index is 307. The fraction of sp³-hybridized carbons (Fsp3) is 0.444. The van der Waals surface area contributed by atoms with E-state index in [4.69, 9.17) is 33.7 Å². The van der Waals surface area contributed by atoms with E-state index in [2.05, 4.69) is 4.98 Å². The Balaban J connectivity index is 2.55. The van der Waals surface area contributed by atoms with Crippen molar-refractivity contribution in [3.05, 3.63) is 22.4 Å². The van der Waals surface area contributed by atoms with Gasteiger partial charge in [-0.3, -0.25) is 0 Å². The van der Waals surface area contributed by atoms with E-state index in [9.17, 15) is 0 Å². The van der Waals surface area contributed by atoms with Crippen LogP contribution in [0.2, 0.25) is 10.2 Å². The summed E-state index contributed by atoms with van der Waals surface area (Å²) in [7, 11) is 0. The molecule has 0 aliphatic heterocycles. The number of ether oxygens (including phenoxy) is 1. The van der Waals surface area contributed by atoms with Gasteiger partial charge in [0.2, 0.25) is 0 Å². The third kappa shape index (κ3) is 3.33. The number of nitrogens with two attached hydrogens (primary N) is 1. The molecule has 0 radical (unpaired) electrons. The van der Waals surface area contributed by atoms with Crippen molar-refractivity contribution in [3.63, 3.8) is 0 Å². The van der Waals surface area contributed by atoms with Crippen LogP contribution in [0.25, 0.3) is 0 Å². The first-order chi connectivity index (χ1) is 6.63. The lowest BCUT2D eigenvalue weighted by Crippen LogP contribution is -2.26. The first kappa shape index (κ1) is 11.6. The zero-order chi connectivity index (χ0) is 10.6. The Morgan fingerprint density at radius 3 is 2.86 bits per heavy atom. The number of pyridine rings is 1. The van der Waals surface area contributed by atoms with Crippen LogP contribution in [0, 0.1) is 0 Å². The second kappa shape index (κ2) is 5.39. The van der Waals surface area contributed by atoms with Crippen molar-refractivity contribution in [1.82, 2.24) is 4.98 Å². The minimum absolute atomic E-state index is 0.0319. The van der Waals surface area contributed by atoms with Crippen LogP contribution in [0.5, 0.6) is 5.75 Å². The van der Waals surface area contributed by atoms with Crippen LogP contribution in [-0.4, -0.2) is 17.6 Å². The highest BCUT2D eigenvalue weighted by molar-refractivity contribution is 6.41. The smallest absolute Gasteiger partial charge is 0.147 e. The van der Waals surface area contributed by atoms with E-state index >= 15 is 0 Å². The highest BCUT2D eigenvalue weighted by Gasteiger charge is 2.03. The van der Waals surface area contributed by atoms with Crippen molar-refractivity contribution in [1.29, 1.82) is 0 Å². The van der Waals surface area contributed by atoms with E-state index in [0.717, 1.165) is 6.42 Å². The van der Waals surface area contributed by atoms with E-state index in [0.29, 0.717) is 17.4 Å². The molecule has 0 saturated heterocycles. The maximum atomic E-state index is 5.76. The Morgan fingerprint density at radius 2 is 2.29 bits per heavy atom. The van der Waals surface area contributed by atoms with E-state index in [1.54, 1.807) is 6.07 Å². The number of aromatic nitrogens is 1. The van der Waals surface area contributed by atoms with Gasteiger partial charge in [0, 0.05) is 12.1 Å². The molecule has 1 rings (SSSR count). The minimum atomic E-state index is 0.0319. The highest BCUT2D eigenvalue weighted by Crippen LogP contribution is 2.23. The minimum Gasteiger partial charge on any atom is -0.490 e. The molecule has 0 saturated carbocycles. The van der Waals surface area contributed by atoms with Gasteiger partial charge >= 0.3 is 0 Å². The number of nitrogens with zero attached hydrogens (tertiary/aromatic N) is 1. The van der Waals surface area contributed by atoms with Crippen molar-refractivity contribution in [2.45, 2.75) is 19.4 Å². The van der Waals surface area contributed by atoms with Crippen LogP contribution in [0.15, 0.2) is 12.3 Å². The lowest BCUT2D eigenvalue weighted by molar-refractivity contribution is 0.284. The van der Waals surface area contributed by atoms with Gasteiger partial charge in [0.25, 0.3) is 0 Å². The highest BCUT2D eigenvalue weighted by atomic mass is 35.5. The molecule has 1 heterocycles. The standard InChI is InChI=1S/C9H12Cl2N2O/c1-2-6(12)5-14-7-3-8(10)9(11)13-4-7/h3-4,6H,2,5,12H2,1H3. The second-order valence-corrected chi connectivity index (χ2v) is 3.69. The fourth-order valence-corrected chi connectivity index (χ4v) is 1.06. The first-order valence-corrected chi connectivity index (χ1v) is 5.08. The SMILES string of the molecule is CCC(N)COc1cnc(Cl)c(Cl)c1. The molecule has 0 amide bonds. The molecule has 0 fully saturated rings. The summed E-state index contributed by atoms with van der Waals surface area (Å²) >= 11 is 11.4. The van der Waals surface area contributed by atoms with Crippen LogP contribution in [0.3, 0.4) is 0 Å². The van der Waals surface area contributed by atoms with Crippen LogP contribution in [0.4, 0.5) is 0 Å². The van der Waals surface area contributed by atoms with Gasteiger partial charge < -0.3 is 10.5 Å². The number of hydrogen-bond donors (Lipinski definition) is 1. The number of hydrogen-bond acceptors (Lipinski definition) is 3. The summed E-state index contributed by atoms with van der Waals surface area (Å²) in [5.41, 5.74) is 5.68. The third-order valence-electron chi connectivity index (χ3n) is 1.76. The van der Waals surface area contributed by atoms with Gasteiger partial charge in [0.15, 0.2) is 0 Å². The molecule has 2 N–H and O–H groups in total. The summed E-state index contributed by atoms with van der Waals surface area (Å²) in [6.45, 7) is 2.46.